The number of ether oxygens (including phenoxy) is 2. The fourth-order valence-corrected chi connectivity index (χ4v) is 5.43. The minimum Gasteiger partial charge on any atom is -0.461 e. The zero-order chi connectivity index (χ0) is 20.0. The van der Waals surface area contributed by atoms with Gasteiger partial charge in [-0.25, -0.2) is 0 Å². The summed E-state index contributed by atoms with van der Waals surface area (Å²) < 4.78 is 11.2. The molecule has 3 fully saturated rings. The molecule has 2 aromatic rings. The van der Waals surface area contributed by atoms with Gasteiger partial charge in [0, 0.05) is 6.04 Å². The van der Waals surface area contributed by atoms with Gasteiger partial charge in [0.05, 0.1) is 11.8 Å². The highest BCUT2D eigenvalue weighted by Gasteiger charge is 2.79. The van der Waals surface area contributed by atoms with Crippen molar-refractivity contribution in [3.8, 4) is 0 Å². The van der Waals surface area contributed by atoms with Crippen molar-refractivity contribution in [2.24, 2.45) is 34.8 Å². The molecule has 6 unspecified atom stereocenters. The molecule has 2 aromatic carbocycles. The van der Waals surface area contributed by atoms with Crippen molar-refractivity contribution in [1.29, 1.82) is 0 Å². The van der Waals surface area contributed by atoms with Gasteiger partial charge in [0.25, 0.3) is 0 Å². The van der Waals surface area contributed by atoms with Crippen LogP contribution >= 0.6 is 0 Å². The quantitative estimate of drug-likeness (QED) is 0.766. The first-order valence-electron chi connectivity index (χ1n) is 10.3. The maximum Gasteiger partial charge on any atom is 0.309 e. The maximum atomic E-state index is 12.8. The van der Waals surface area contributed by atoms with E-state index in [1.165, 1.54) is 0 Å². The molecule has 150 valence electrons. The van der Waals surface area contributed by atoms with E-state index in [-0.39, 0.29) is 60.3 Å². The molecule has 0 aliphatic heterocycles. The highest BCUT2D eigenvalue weighted by Crippen LogP contribution is 2.77. The van der Waals surface area contributed by atoms with E-state index < -0.39 is 0 Å². The van der Waals surface area contributed by atoms with Gasteiger partial charge in [-0.15, -0.1) is 0 Å². The van der Waals surface area contributed by atoms with Crippen molar-refractivity contribution in [2.75, 3.05) is 0 Å². The van der Waals surface area contributed by atoms with Gasteiger partial charge >= 0.3 is 11.9 Å². The molecule has 0 bridgehead atoms. The Kier molecular flexibility index (Phi) is 4.43. The molecule has 1 spiro atoms. The third-order valence-corrected chi connectivity index (χ3v) is 7.00. The van der Waals surface area contributed by atoms with Crippen LogP contribution in [0, 0.1) is 29.1 Å². The van der Waals surface area contributed by atoms with Crippen molar-refractivity contribution in [3.63, 3.8) is 0 Å². The smallest absolute Gasteiger partial charge is 0.309 e. The molecule has 3 aliphatic rings. The molecule has 6 atom stereocenters. The third kappa shape index (κ3) is 3.23. The molecule has 0 amide bonds. The van der Waals surface area contributed by atoms with E-state index in [0.29, 0.717) is 0 Å². The maximum absolute atomic E-state index is 12.8. The standard InChI is InChI=1S/C24H25NO4/c25-18-12-24(18)11-17(22(26)28-13-15-7-3-1-4-8-15)19-20(21(19)24)23(27)29-14-16-9-5-2-6-10-16/h1-10,17-21H,11-14,25H2. The molecule has 5 nitrogen and oxygen atoms in total. The number of nitrogens with two attached hydrogens (primary N) is 1. The zero-order valence-corrected chi connectivity index (χ0v) is 16.2. The van der Waals surface area contributed by atoms with Gasteiger partial charge in [0.2, 0.25) is 0 Å². The van der Waals surface area contributed by atoms with Gasteiger partial charge in [-0.3, -0.25) is 9.59 Å². The normalized spacial score (nSPS) is 33.8. The largest absolute Gasteiger partial charge is 0.461 e. The Labute approximate surface area is 170 Å². The summed E-state index contributed by atoms with van der Waals surface area (Å²) in [5.41, 5.74) is 8.08. The van der Waals surface area contributed by atoms with Crippen molar-refractivity contribution >= 4 is 11.9 Å². The number of fused-ring (bicyclic) bond motifs is 2. The van der Waals surface area contributed by atoms with Crippen LogP contribution in [0.2, 0.25) is 0 Å². The van der Waals surface area contributed by atoms with Crippen LogP contribution in [0.15, 0.2) is 60.7 Å². The van der Waals surface area contributed by atoms with E-state index in [1.807, 2.05) is 60.7 Å². The van der Waals surface area contributed by atoms with Gasteiger partial charge < -0.3 is 15.2 Å². The first-order valence-corrected chi connectivity index (χ1v) is 10.3. The van der Waals surface area contributed by atoms with Gasteiger partial charge in [0.1, 0.15) is 13.2 Å². The van der Waals surface area contributed by atoms with Crippen molar-refractivity contribution in [3.05, 3.63) is 71.8 Å². The molecule has 3 saturated carbocycles. The number of carbonyl (C=O) groups is 2. The Bertz CT molecular complexity index is 915. The number of hydrogen-bond acceptors (Lipinski definition) is 5. The summed E-state index contributed by atoms with van der Waals surface area (Å²) >= 11 is 0. The lowest BCUT2D eigenvalue weighted by Gasteiger charge is -2.18. The topological polar surface area (TPSA) is 78.6 Å². The Morgan fingerprint density at radius 1 is 0.862 bits per heavy atom. The van der Waals surface area contributed by atoms with E-state index >= 15 is 0 Å². The van der Waals surface area contributed by atoms with Crippen LogP contribution in [-0.2, 0) is 32.3 Å². The lowest BCUT2D eigenvalue weighted by atomic mass is 9.90. The van der Waals surface area contributed by atoms with Crippen LogP contribution in [0.3, 0.4) is 0 Å². The average Bonchev–Trinajstić information content (AvgIpc) is 3.61. The molecule has 29 heavy (non-hydrogen) atoms. The van der Waals surface area contributed by atoms with Crippen molar-refractivity contribution in [2.45, 2.75) is 32.1 Å². The number of carbonyl (C=O) groups excluding carboxylic acids is 2. The summed E-state index contributed by atoms with van der Waals surface area (Å²) in [4.78, 5) is 25.6. The minimum absolute atomic E-state index is 0.00935. The molecular weight excluding hydrogens is 366 g/mol. The molecule has 2 N–H and O–H groups in total. The van der Waals surface area contributed by atoms with Gasteiger partial charge in [-0.1, -0.05) is 60.7 Å². The van der Waals surface area contributed by atoms with Crippen LogP contribution in [0.25, 0.3) is 0 Å². The highest BCUT2D eigenvalue weighted by atomic mass is 16.5. The van der Waals surface area contributed by atoms with Crippen LogP contribution < -0.4 is 5.73 Å². The molecule has 0 saturated heterocycles. The van der Waals surface area contributed by atoms with Crippen LogP contribution in [0.5, 0.6) is 0 Å². The van der Waals surface area contributed by atoms with E-state index in [9.17, 15) is 9.59 Å². The number of esters is 2. The number of benzene rings is 2. The van der Waals surface area contributed by atoms with E-state index in [2.05, 4.69) is 0 Å². The predicted octanol–water partition coefficient (Wildman–Crippen LogP) is 3.07. The Morgan fingerprint density at radius 3 is 1.90 bits per heavy atom. The number of hydrogen-bond donors (Lipinski definition) is 1. The summed E-state index contributed by atoms with van der Waals surface area (Å²) in [6.07, 6.45) is 1.62. The second kappa shape index (κ2) is 6.99. The Hall–Kier alpha value is -2.66. The first-order chi connectivity index (χ1) is 14.1. The van der Waals surface area contributed by atoms with Gasteiger partial charge in [-0.2, -0.15) is 0 Å². The monoisotopic (exact) mass is 391 g/mol. The van der Waals surface area contributed by atoms with E-state index in [4.69, 9.17) is 15.2 Å². The summed E-state index contributed by atoms with van der Waals surface area (Å²) in [5, 5.41) is 0. The molecule has 5 heteroatoms. The van der Waals surface area contributed by atoms with Crippen molar-refractivity contribution < 1.29 is 19.1 Å². The SMILES string of the molecule is NC1CC12CC(C(=O)OCc1ccccc1)C1C(C(=O)OCc3ccccc3)C12. The van der Waals surface area contributed by atoms with E-state index in [1.54, 1.807) is 0 Å². The lowest BCUT2D eigenvalue weighted by Crippen LogP contribution is -2.26. The average molecular weight is 391 g/mol. The fraction of sp³-hybridized carbons (Fsp3) is 0.417. The van der Waals surface area contributed by atoms with Crippen molar-refractivity contribution in [1.82, 2.24) is 0 Å². The molecule has 0 aromatic heterocycles. The predicted molar refractivity (Wildman–Crippen MR) is 106 cm³/mol. The van der Waals surface area contributed by atoms with Gasteiger partial charge in [0.15, 0.2) is 0 Å². The molecule has 0 radical (unpaired) electrons. The Morgan fingerprint density at radius 2 is 1.38 bits per heavy atom. The second-order valence-corrected chi connectivity index (χ2v) is 8.67. The third-order valence-electron chi connectivity index (χ3n) is 7.00. The number of rotatable bonds is 6. The molecule has 0 heterocycles. The Balaban J connectivity index is 1.23. The van der Waals surface area contributed by atoms with Crippen LogP contribution in [-0.4, -0.2) is 18.0 Å². The summed E-state index contributed by atoms with van der Waals surface area (Å²) in [7, 11) is 0. The highest BCUT2D eigenvalue weighted by molar-refractivity contribution is 5.82. The second-order valence-electron chi connectivity index (χ2n) is 8.67. The van der Waals surface area contributed by atoms with Gasteiger partial charge in [-0.05, 0) is 41.2 Å². The minimum atomic E-state index is -0.258. The van der Waals surface area contributed by atoms with Crippen LogP contribution in [0.1, 0.15) is 24.0 Å². The summed E-state index contributed by atoms with van der Waals surface area (Å²) in [6, 6.07) is 19.4. The molecular formula is C24H25NO4. The zero-order valence-electron chi connectivity index (χ0n) is 16.2. The van der Waals surface area contributed by atoms with E-state index in [0.717, 1.165) is 24.0 Å². The first kappa shape index (κ1) is 18.4. The molecule has 3 aliphatic carbocycles. The fourth-order valence-electron chi connectivity index (χ4n) is 5.43. The summed E-state index contributed by atoms with van der Waals surface area (Å²) in [5.74, 6) is -0.729. The molecule has 5 rings (SSSR count). The summed E-state index contributed by atoms with van der Waals surface area (Å²) in [6.45, 7) is 0.521. The van der Waals surface area contributed by atoms with Crippen LogP contribution in [0.4, 0.5) is 0 Å². The lowest BCUT2D eigenvalue weighted by molar-refractivity contribution is -0.152.